The van der Waals surface area contributed by atoms with Crippen LogP contribution in [-0.2, 0) is 16.2 Å². The molecule has 0 fully saturated rings. The number of pyridine rings is 1. The Hall–Kier alpha value is -8.80. The number of hydrogen-bond acceptors (Lipinski definition) is 3. The molecule has 12 rings (SSSR count). The number of phenols is 1. The summed E-state index contributed by atoms with van der Waals surface area (Å²) in [6, 6.07) is 76.2. The number of hydrogen-bond donors (Lipinski definition) is 1. The Kier molecular flexibility index (Phi) is 12.0. The standard InChI is InChI=1S/C72H64N4O/c1-70(2,3)52-36-37-63(57(43-52)49-24-15-11-16-25-49)76-64-31-21-29-55(67(64)74-69(76)59-44-53(71(4,5)6)45-60(68(59)77)72(7,8)9)58-40-51(42-65-66(58)56-28-19-20-30-62(56)75(65)54-26-17-12-18-27-54)61-41-50(38-39-73-61)48-34-32-47(33-35-48)46-22-13-10-14-23-46/h10-45,77H,1-9H3. The summed E-state index contributed by atoms with van der Waals surface area (Å²) in [5, 5.41) is 15.1. The molecular formula is C72H64N4O. The van der Waals surface area contributed by atoms with Gasteiger partial charge < -0.3 is 9.67 Å². The minimum Gasteiger partial charge on any atom is -0.507 e. The van der Waals surface area contributed by atoms with Crippen molar-refractivity contribution in [3.8, 4) is 84.3 Å². The average molecular weight is 1000 g/mol. The highest BCUT2D eigenvalue weighted by Crippen LogP contribution is 2.48. The molecule has 3 heterocycles. The van der Waals surface area contributed by atoms with Crippen molar-refractivity contribution in [1.29, 1.82) is 0 Å². The summed E-state index contributed by atoms with van der Waals surface area (Å²) in [6.45, 7) is 20.1. The van der Waals surface area contributed by atoms with E-state index in [1.54, 1.807) is 0 Å². The quantitative estimate of drug-likeness (QED) is 0.165. The molecule has 0 bridgehead atoms. The van der Waals surface area contributed by atoms with Crippen LogP contribution >= 0.6 is 0 Å². The van der Waals surface area contributed by atoms with Crippen molar-refractivity contribution in [1.82, 2.24) is 19.1 Å². The lowest BCUT2D eigenvalue weighted by atomic mass is 9.79. The zero-order chi connectivity index (χ0) is 53.4. The van der Waals surface area contributed by atoms with Gasteiger partial charge in [-0.05, 0) is 127 Å². The smallest absolute Gasteiger partial charge is 0.149 e. The normalized spacial score (nSPS) is 12.3. The number of aromatic hydroxyl groups is 1. The van der Waals surface area contributed by atoms with Crippen LogP contribution < -0.4 is 0 Å². The molecule has 0 aliphatic rings. The van der Waals surface area contributed by atoms with Gasteiger partial charge >= 0.3 is 0 Å². The molecule has 0 saturated carbocycles. The van der Waals surface area contributed by atoms with Gasteiger partial charge in [0, 0.05) is 44.9 Å². The van der Waals surface area contributed by atoms with Crippen molar-refractivity contribution in [2.45, 2.75) is 78.6 Å². The molecule has 1 N–H and O–H groups in total. The maximum atomic E-state index is 12.8. The van der Waals surface area contributed by atoms with Crippen LogP contribution in [0.2, 0.25) is 0 Å². The molecule has 3 aromatic heterocycles. The van der Waals surface area contributed by atoms with E-state index in [0.717, 1.165) is 100.0 Å². The van der Waals surface area contributed by atoms with Crippen molar-refractivity contribution in [2.75, 3.05) is 0 Å². The number of para-hydroxylation sites is 3. The maximum absolute atomic E-state index is 12.8. The Morgan fingerprint density at radius 1 is 0.390 bits per heavy atom. The Morgan fingerprint density at radius 2 is 0.987 bits per heavy atom. The third-order valence-electron chi connectivity index (χ3n) is 15.4. The number of aromatic nitrogens is 4. The Labute approximate surface area is 452 Å². The lowest BCUT2D eigenvalue weighted by Crippen LogP contribution is -2.17. The number of nitrogens with zero attached hydrogens (tertiary/aromatic N) is 4. The van der Waals surface area contributed by atoms with Crippen molar-refractivity contribution in [3.05, 3.63) is 235 Å². The van der Waals surface area contributed by atoms with Crippen LogP contribution in [0.3, 0.4) is 0 Å². The number of fused-ring (bicyclic) bond motifs is 4. The Balaban J connectivity index is 1.17. The van der Waals surface area contributed by atoms with E-state index in [4.69, 9.17) is 9.97 Å². The van der Waals surface area contributed by atoms with Crippen molar-refractivity contribution >= 4 is 32.8 Å². The van der Waals surface area contributed by atoms with Gasteiger partial charge in [-0.25, -0.2) is 4.98 Å². The summed E-state index contributed by atoms with van der Waals surface area (Å²) in [5.74, 6) is 0.918. The van der Waals surface area contributed by atoms with Gasteiger partial charge in [0.25, 0.3) is 0 Å². The molecular weight excluding hydrogens is 937 g/mol. The second-order valence-electron chi connectivity index (χ2n) is 23.7. The molecule has 0 aliphatic carbocycles. The summed E-state index contributed by atoms with van der Waals surface area (Å²) >= 11 is 0. The molecule has 0 aliphatic heterocycles. The predicted octanol–water partition coefficient (Wildman–Crippen LogP) is 19.1. The first-order valence-electron chi connectivity index (χ1n) is 26.9. The monoisotopic (exact) mass is 1000 g/mol. The molecule has 5 heteroatoms. The first kappa shape index (κ1) is 49.1. The molecule has 0 amide bonds. The fourth-order valence-corrected chi connectivity index (χ4v) is 11.2. The van der Waals surface area contributed by atoms with Crippen molar-refractivity contribution < 1.29 is 5.11 Å². The largest absolute Gasteiger partial charge is 0.507 e. The maximum Gasteiger partial charge on any atom is 0.149 e. The highest BCUT2D eigenvalue weighted by molar-refractivity contribution is 6.19. The van der Waals surface area contributed by atoms with Crippen molar-refractivity contribution in [2.24, 2.45) is 0 Å². The number of rotatable bonds is 8. The lowest BCUT2D eigenvalue weighted by Gasteiger charge is -2.28. The molecule has 378 valence electrons. The molecule has 9 aromatic carbocycles. The molecule has 0 spiro atoms. The van der Waals surface area contributed by atoms with Crippen LogP contribution in [0.5, 0.6) is 5.75 Å². The highest BCUT2D eigenvalue weighted by Gasteiger charge is 2.30. The fraction of sp³-hybridized carbons (Fsp3) is 0.167. The average Bonchev–Trinajstić information content (AvgIpc) is 4.21. The predicted molar refractivity (Wildman–Crippen MR) is 324 cm³/mol. The lowest BCUT2D eigenvalue weighted by molar-refractivity contribution is 0.446. The van der Waals surface area contributed by atoms with Crippen LogP contribution in [0.1, 0.15) is 79.0 Å². The van der Waals surface area contributed by atoms with E-state index in [2.05, 4.69) is 284 Å². The minimum atomic E-state index is -0.360. The van der Waals surface area contributed by atoms with E-state index < -0.39 is 0 Å². The first-order chi connectivity index (χ1) is 37.0. The number of phenolic OH excluding ortho intramolecular Hbond substituents is 1. The third-order valence-corrected chi connectivity index (χ3v) is 15.4. The zero-order valence-electron chi connectivity index (χ0n) is 45.5. The van der Waals surface area contributed by atoms with Gasteiger partial charge in [0.1, 0.15) is 11.6 Å². The molecule has 5 nitrogen and oxygen atoms in total. The van der Waals surface area contributed by atoms with Crippen LogP contribution in [0.25, 0.3) is 111 Å². The molecule has 12 aromatic rings. The van der Waals surface area contributed by atoms with Crippen molar-refractivity contribution in [3.63, 3.8) is 0 Å². The second-order valence-corrected chi connectivity index (χ2v) is 23.7. The van der Waals surface area contributed by atoms with Gasteiger partial charge in [0.15, 0.2) is 0 Å². The van der Waals surface area contributed by atoms with Gasteiger partial charge in [-0.3, -0.25) is 9.55 Å². The van der Waals surface area contributed by atoms with Crippen LogP contribution in [0.15, 0.2) is 219 Å². The summed E-state index contributed by atoms with van der Waals surface area (Å²) in [6.07, 6.45) is 1.93. The van der Waals surface area contributed by atoms with Gasteiger partial charge in [0.05, 0.1) is 39.0 Å². The van der Waals surface area contributed by atoms with Crippen LogP contribution in [-0.4, -0.2) is 24.2 Å². The van der Waals surface area contributed by atoms with Gasteiger partial charge in [-0.15, -0.1) is 0 Å². The minimum absolute atomic E-state index is 0.104. The molecule has 0 saturated heterocycles. The Bertz CT molecular complexity index is 4180. The van der Waals surface area contributed by atoms with Gasteiger partial charge in [-0.1, -0.05) is 208 Å². The first-order valence-corrected chi connectivity index (χ1v) is 26.9. The third kappa shape index (κ3) is 8.90. The van der Waals surface area contributed by atoms with E-state index in [0.29, 0.717) is 11.4 Å². The van der Waals surface area contributed by atoms with E-state index in [1.807, 2.05) is 6.20 Å². The second kappa shape index (κ2) is 18.8. The molecule has 77 heavy (non-hydrogen) atoms. The van der Waals surface area contributed by atoms with Crippen LogP contribution in [0, 0.1) is 0 Å². The molecule has 0 radical (unpaired) electrons. The highest BCUT2D eigenvalue weighted by atomic mass is 16.3. The summed E-state index contributed by atoms with van der Waals surface area (Å²) in [4.78, 5) is 11.0. The summed E-state index contributed by atoms with van der Waals surface area (Å²) < 4.78 is 4.70. The molecule has 0 unspecified atom stereocenters. The molecule has 0 atom stereocenters. The summed E-state index contributed by atoms with van der Waals surface area (Å²) in [7, 11) is 0. The number of imidazole rings is 1. The SMILES string of the molecule is CC(C)(C)c1ccc(-n2c(-c3cc(C(C)(C)C)cc(C(C)(C)C)c3O)nc3c(-c4cc(-c5cc(-c6ccc(-c7ccccc7)cc6)ccn5)cc5c4c4ccccc4n5-c4ccccc4)cccc32)c(-c2ccccc2)c1. The van der Waals surface area contributed by atoms with E-state index >= 15 is 0 Å². The topological polar surface area (TPSA) is 55.9 Å². The van der Waals surface area contributed by atoms with E-state index in [9.17, 15) is 5.11 Å². The Morgan fingerprint density at radius 3 is 1.66 bits per heavy atom. The van der Waals surface area contributed by atoms with Gasteiger partial charge in [0.2, 0.25) is 0 Å². The fourth-order valence-electron chi connectivity index (χ4n) is 11.2. The van der Waals surface area contributed by atoms with Gasteiger partial charge in [-0.2, -0.15) is 0 Å². The number of benzene rings is 9. The van der Waals surface area contributed by atoms with E-state index in [1.165, 1.54) is 16.7 Å². The zero-order valence-corrected chi connectivity index (χ0v) is 45.5. The summed E-state index contributed by atoms with van der Waals surface area (Å²) in [5.41, 5.74) is 19.9. The van der Waals surface area contributed by atoms with E-state index in [-0.39, 0.29) is 22.0 Å². The van der Waals surface area contributed by atoms with Crippen LogP contribution in [0.4, 0.5) is 0 Å².